The van der Waals surface area contributed by atoms with Gasteiger partial charge in [0.25, 0.3) is 0 Å². The van der Waals surface area contributed by atoms with Crippen molar-refractivity contribution in [3.05, 3.63) is 35.9 Å². The minimum Gasteiger partial charge on any atom is -0.480 e. The molecule has 1 aliphatic heterocycles. The molecule has 10 nitrogen and oxygen atoms in total. The summed E-state index contributed by atoms with van der Waals surface area (Å²) >= 11 is 0. The Hall–Kier alpha value is -3.43. The highest BCUT2D eigenvalue weighted by Gasteiger charge is 2.56. The zero-order valence-corrected chi connectivity index (χ0v) is 17.5. The van der Waals surface area contributed by atoms with Gasteiger partial charge < -0.3 is 21.1 Å². The Labute approximate surface area is 180 Å². The predicted molar refractivity (Wildman–Crippen MR) is 115 cm³/mol. The van der Waals surface area contributed by atoms with Crippen LogP contribution in [0.25, 0.3) is 0 Å². The first-order valence-corrected chi connectivity index (χ1v) is 10.3. The first-order chi connectivity index (χ1) is 14.8. The number of guanidine groups is 1. The maximum Gasteiger partial charge on any atom is 0.327 e. The molecule has 2 fully saturated rings. The average molecular weight is 428 g/mol. The van der Waals surface area contributed by atoms with E-state index >= 15 is 0 Å². The van der Waals surface area contributed by atoms with E-state index in [0.717, 1.165) is 29.7 Å². The molecule has 31 heavy (non-hydrogen) atoms. The average Bonchev–Trinajstić information content (AvgIpc) is 2.71. The second kappa shape index (κ2) is 9.59. The number of nitrogens with zero attached hydrogens (tertiary/aromatic N) is 3. The van der Waals surface area contributed by atoms with Crippen LogP contribution < -0.4 is 11.1 Å². The lowest BCUT2D eigenvalue weighted by atomic mass is 9.84. The number of carbonyl (C=O) groups is 3. The van der Waals surface area contributed by atoms with Crippen LogP contribution in [0.5, 0.6) is 0 Å². The number of nitrogens with two attached hydrogens (primary N) is 1. The Morgan fingerprint density at radius 2 is 2.00 bits per heavy atom. The minimum absolute atomic E-state index is 0.00588. The summed E-state index contributed by atoms with van der Waals surface area (Å²) in [6.45, 7) is 0.412. The smallest absolute Gasteiger partial charge is 0.327 e. The number of hydrogen-bond donors (Lipinski definition) is 4. The highest BCUT2D eigenvalue weighted by molar-refractivity contribution is 6.09. The number of benzene rings is 1. The van der Waals surface area contributed by atoms with Gasteiger partial charge >= 0.3 is 12.0 Å². The molecule has 2 atom stereocenters. The number of likely N-dealkylation sites (tertiary alicyclic amines) is 1. The van der Waals surface area contributed by atoms with Gasteiger partial charge in [-0.1, -0.05) is 30.3 Å². The fourth-order valence-electron chi connectivity index (χ4n) is 3.89. The number of carbonyl (C=O) groups excluding carboxylic acids is 2. The Morgan fingerprint density at radius 1 is 1.32 bits per heavy atom. The Balaban J connectivity index is 1.70. The van der Waals surface area contributed by atoms with E-state index in [1.165, 1.54) is 7.05 Å². The first kappa shape index (κ1) is 22.3. The lowest BCUT2D eigenvalue weighted by Crippen LogP contribution is -2.70. The Kier molecular flexibility index (Phi) is 6.88. The number of aliphatic carboxylic acids is 1. The van der Waals surface area contributed by atoms with Crippen molar-refractivity contribution in [2.24, 2.45) is 16.6 Å². The maximum atomic E-state index is 13.2. The molecule has 2 unspecified atom stereocenters. The molecule has 5 N–H and O–H groups in total. The van der Waals surface area contributed by atoms with Crippen LogP contribution in [0.15, 0.2) is 35.3 Å². The highest BCUT2D eigenvalue weighted by Crippen LogP contribution is 2.34. The van der Waals surface area contributed by atoms with E-state index in [2.05, 4.69) is 10.3 Å². The van der Waals surface area contributed by atoms with Crippen molar-refractivity contribution in [1.29, 1.82) is 5.41 Å². The van der Waals surface area contributed by atoms with Gasteiger partial charge in [-0.3, -0.25) is 15.2 Å². The fraction of sp³-hybridized carbons (Fsp3) is 0.476. The number of nitrogens with one attached hydrogen (secondary N) is 2. The number of urea groups is 1. The van der Waals surface area contributed by atoms with Gasteiger partial charge in [0.15, 0.2) is 12.0 Å². The van der Waals surface area contributed by atoms with Gasteiger partial charge in [0.1, 0.15) is 5.84 Å². The molecule has 10 heteroatoms. The molecule has 3 amide bonds. The molecule has 0 bridgehead atoms. The molecule has 1 aromatic carbocycles. The van der Waals surface area contributed by atoms with Crippen LogP contribution in [-0.2, 0) is 16.0 Å². The summed E-state index contributed by atoms with van der Waals surface area (Å²) in [7, 11) is 1.44. The van der Waals surface area contributed by atoms with E-state index in [1.807, 2.05) is 30.3 Å². The van der Waals surface area contributed by atoms with Crippen LogP contribution in [0.3, 0.4) is 0 Å². The molecule has 3 rings (SSSR count). The topological polar surface area (TPSA) is 152 Å². The zero-order chi connectivity index (χ0) is 22.5. The first-order valence-electron chi connectivity index (χ1n) is 10.3. The minimum atomic E-state index is -1.30. The van der Waals surface area contributed by atoms with Crippen molar-refractivity contribution in [2.45, 2.75) is 44.2 Å². The number of carboxylic acid groups (broad SMARTS) is 1. The predicted octanol–water partition coefficient (Wildman–Crippen LogP) is 1.02. The number of amidine groups is 1. The maximum absolute atomic E-state index is 13.2. The fourth-order valence-corrected chi connectivity index (χ4v) is 3.89. The van der Waals surface area contributed by atoms with Crippen molar-refractivity contribution < 1.29 is 19.5 Å². The molecule has 0 radical (unpaired) electrons. The standard InChI is InChI=1S/C21H28N6O4/c1-24-20(23)25-16(22)12-15-17(19(29)30)27(18(15)28)21(31)26(14-8-5-9-14)11-10-13-6-3-2-4-7-13/h2-4,6-7,14-15,17H,5,8-12H2,1H3,(H,29,30)(H4,22,23,24,25). The molecule has 0 aromatic heterocycles. The second-order valence-corrected chi connectivity index (χ2v) is 7.81. The number of carboxylic acids is 1. The van der Waals surface area contributed by atoms with Crippen molar-refractivity contribution in [3.8, 4) is 0 Å². The summed E-state index contributed by atoms with van der Waals surface area (Å²) in [5, 5.41) is 20.1. The molecule has 166 valence electrons. The van der Waals surface area contributed by atoms with E-state index in [-0.39, 0.29) is 24.3 Å². The van der Waals surface area contributed by atoms with Crippen molar-refractivity contribution in [2.75, 3.05) is 13.6 Å². The quantitative estimate of drug-likeness (QED) is 0.289. The van der Waals surface area contributed by atoms with E-state index in [1.54, 1.807) is 4.90 Å². The molecule has 2 aliphatic rings. The normalized spacial score (nSPS) is 21.1. The summed E-state index contributed by atoms with van der Waals surface area (Å²) < 4.78 is 0. The summed E-state index contributed by atoms with van der Waals surface area (Å²) in [6, 6.07) is 7.85. The van der Waals surface area contributed by atoms with Gasteiger partial charge in [-0.25, -0.2) is 14.5 Å². The van der Waals surface area contributed by atoms with E-state index in [4.69, 9.17) is 11.1 Å². The van der Waals surface area contributed by atoms with Gasteiger partial charge in [-0.05, 0) is 31.2 Å². The molecule has 1 aromatic rings. The van der Waals surface area contributed by atoms with E-state index < -0.39 is 29.9 Å². The SMILES string of the molecule is CN=C(N)NC(=N)CC1C(=O)N(C(=O)N(CCc2ccccc2)C2CCC2)C1C(=O)O. The van der Waals surface area contributed by atoms with Crippen LogP contribution in [0, 0.1) is 11.3 Å². The monoisotopic (exact) mass is 428 g/mol. The summed E-state index contributed by atoms with van der Waals surface area (Å²) in [4.78, 5) is 44.0. The van der Waals surface area contributed by atoms with Crippen LogP contribution in [-0.4, -0.2) is 70.3 Å². The number of imide groups is 1. The summed E-state index contributed by atoms with van der Waals surface area (Å²) in [5.41, 5.74) is 6.58. The summed E-state index contributed by atoms with van der Waals surface area (Å²) in [5.74, 6) is -2.98. The third-order valence-electron chi connectivity index (χ3n) is 5.86. The molecule has 1 saturated carbocycles. The van der Waals surface area contributed by atoms with Crippen LogP contribution in [0.1, 0.15) is 31.2 Å². The van der Waals surface area contributed by atoms with Gasteiger partial charge in [0, 0.05) is 26.1 Å². The molecule has 1 heterocycles. The lowest BCUT2D eigenvalue weighted by Gasteiger charge is -2.47. The number of rotatable bonds is 7. The van der Waals surface area contributed by atoms with Crippen LogP contribution in [0.2, 0.25) is 0 Å². The van der Waals surface area contributed by atoms with Crippen molar-refractivity contribution >= 4 is 29.7 Å². The van der Waals surface area contributed by atoms with Gasteiger partial charge in [-0.15, -0.1) is 0 Å². The van der Waals surface area contributed by atoms with Gasteiger partial charge in [0.2, 0.25) is 5.91 Å². The van der Waals surface area contributed by atoms with E-state index in [9.17, 15) is 19.5 Å². The lowest BCUT2D eigenvalue weighted by molar-refractivity contribution is -0.166. The molecule has 1 aliphatic carbocycles. The summed E-state index contributed by atoms with van der Waals surface area (Å²) in [6.07, 6.45) is 3.14. The third-order valence-corrected chi connectivity index (χ3v) is 5.86. The van der Waals surface area contributed by atoms with Crippen molar-refractivity contribution in [1.82, 2.24) is 15.1 Å². The largest absolute Gasteiger partial charge is 0.480 e. The number of aliphatic imine (C=N–C) groups is 1. The highest BCUT2D eigenvalue weighted by atomic mass is 16.4. The van der Waals surface area contributed by atoms with Gasteiger partial charge in [0.05, 0.1) is 5.92 Å². The van der Waals surface area contributed by atoms with Gasteiger partial charge in [-0.2, -0.15) is 0 Å². The van der Waals surface area contributed by atoms with Crippen LogP contribution in [0.4, 0.5) is 4.79 Å². The molecular weight excluding hydrogens is 400 g/mol. The van der Waals surface area contributed by atoms with Crippen LogP contribution >= 0.6 is 0 Å². The number of β-lactam (4-membered cyclic amide) rings is 1. The van der Waals surface area contributed by atoms with Crippen molar-refractivity contribution in [3.63, 3.8) is 0 Å². The number of hydrogen-bond acceptors (Lipinski definition) is 5. The third kappa shape index (κ3) is 4.84. The molecule has 0 spiro atoms. The Morgan fingerprint density at radius 3 is 2.55 bits per heavy atom. The second-order valence-electron chi connectivity index (χ2n) is 7.81. The zero-order valence-electron chi connectivity index (χ0n) is 17.5. The molecule has 1 saturated heterocycles. The Bertz CT molecular complexity index is 883. The number of amides is 3. The van der Waals surface area contributed by atoms with E-state index in [0.29, 0.717) is 13.0 Å². The molecular formula is C21H28N6O4.